The Morgan fingerprint density at radius 1 is 1.10 bits per heavy atom. The van der Waals surface area contributed by atoms with Crippen molar-refractivity contribution in [3.63, 3.8) is 0 Å². The molecule has 1 heterocycles. The molecule has 0 fully saturated rings. The van der Waals surface area contributed by atoms with Gasteiger partial charge in [-0.1, -0.05) is 11.6 Å². The van der Waals surface area contributed by atoms with Crippen molar-refractivity contribution in [2.75, 3.05) is 6.61 Å². The predicted octanol–water partition coefficient (Wildman–Crippen LogP) is 2.88. The van der Waals surface area contributed by atoms with Crippen LogP contribution in [0.4, 0.5) is 0 Å². The van der Waals surface area contributed by atoms with Crippen molar-refractivity contribution >= 4 is 34.8 Å². The minimum Gasteiger partial charge on any atom is -0.494 e. The average Bonchev–Trinajstić information content (AvgIpc) is 2.92. The van der Waals surface area contributed by atoms with Gasteiger partial charge in [-0.05, 0) is 43.3 Å². The zero-order valence-corrected chi connectivity index (χ0v) is 12.8. The first-order chi connectivity index (χ1) is 10.1. The molecule has 0 atom stereocenters. The third-order valence-corrected chi connectivity index (χ3v) is 3.74. The van der Waals surface area contributed by atoms with E-state index in [2.05, 4.69) is 10.9 Å². The largest absolute Gasteiger partial charge is 0.494 e. The van der Waals surface area contributed by atoms with Crippen molar-refractivity contribution in [2.24, 2.45) is 0 Å². The van der Waals surface area contributed by atoms with E-state index < -0.39 is 11.8 Å². The number of carbonyl (C=O) groups is 2. The molecule has 1 aromatic heterocycles. The summed E-state index contributed by atoms with van der Waals surface area (Å²) < 4.78 is 5.80. The van der Waals surface area contributed by atoms with Crippen molar-refractivity contribution in [3.05, 3.63) is 51.2 Å². The van der Waals surface area contributed by atoms with E-state index in [0.717, 1.165) is 11.3 Å². The molecule has 5 nitrogen and oxygen atoms in total. The van der Waals surface area contributed by atoms with E-state index in [9.17, 15) is 9.59 Å². The van der Waals surface area contributed by atoms with E-state index in [0.29, 0.717) is 27.1 Å². The monoisotopic (exact) mass is 324 g/mol. The van der Waals surface area contributed by atoms with E-state index in [-0.39, 0.29) is 0 Å². The topological polar surface area (TPSA) is 67.4 Å². The summed E-state index contributed by atoms with van der Waals surface area (Å²) >= 11 is 6.88. The lowest BCUT2D eigenvalue weighted by atomic mass is 10.2. The molecule has 0 spiro atoms. The molecule has 0 radical (unpaired) electrons. The van der Waals surface area contributed by atoms with Crippen LogP contribution in [0.15, 0.2) is 36.4 Å². The molecule has 7 heteroatoms. The normalized spacial score (nSPS) is 10.0. The summed E-state index contributed by atoms with van der Waals surface area (Å²) in [5.41, 5.74) is 5.09. The van der Waals surface area contributed by atoms with E-state index in [1.165, 1.54) is 0 Å². The second-order valence-corrected chi connectivity index (χ2v) is 5.68. The molecule has 2 N–H and O–H groups in total. The van der Waals surface area contributed by atoms with Crippen LogP contribution in [0.25, 0.3) is 0 Å². The van der Waals surface area contributed by atoms with Gasteiger partial charge in [-0.3, -0.25) is 20.4 Å². The Balaban J connectivity index is 1.90. The second-order valence-electron chi connectivity index (χ2n) is 3.97. The first-order valence-electron chi connectivity index (χ1n) is 6.19. The van der Waals surface area contributed by atoms with Crippen LogP contribution in [0.1, 0.15) is 27.0 Å². The highest BCUT2D eigenvalue weighted by Crippen LogP contribution is 2.20. The van der Waals surface area contributed by atoms with E-state index >= 15 is 0 Å². The Bertz CT molecular complexity index is 640. The van der Waals surface area contributed by atoms with Crippen molar-refractivity contribution in [2.45, 2.75) is 6.92 Å². The molecule has 0 aliphatic heterocycles. The maximum Gasteiger partial charge on any atom is 0.279 e. The molecular formula is C14H13ClN2O3S. The fraction of sp³-hybridized carbons (Fsp3) is 0.143. The van der Waals surface area contributed by atoms with Crippen LogP contribution in [0.2, 0.25) is 4.34 Å². The summed E-state index contributed by atoms with van der Waals surface area (Å²) in [5, 5.41) is 0. The Labute approximate surface area is 130 Å². The van der Waals surface area contributed by atoms with Gasteiger partial charge in [0.2, 0.25) is 0 Å². The van der Waals surface area contributed by atoms with Crippen LogP contribution in [-0.2, 0) is 0 Å². The summed E-state index contributed by atoms with van der Waals surface area (Å²) in [6, 6.07) is 9.84. The number of carbonyl (C=O) groups excluding carboxylic acids is 2. The molecule has 21 heavy (non-hydrogen) atoms. The third kappa shape index (κ3) is 4.21. The zero-order valence-electron chi connectivity index (χ0n) is 11.2. The molecular weight excluding hydrogens is 312 g/mol. The standard InChI is InChI=1S/C14H13ClN2O3S/c1-2-20-10-5-3-9(4-6-10)13(18)16-17-14(19)11-7-8-12(15)21-11/h3-8H,2H2,1H3,(H,16,18)(H,17,19). The number of rotatable bonds is 4. The lowest BCUT2D eigenvalue weighted by Crippen LogP contribution is -2.41. The van der Waals surface area contributed by atoms with Gasteiger partial charge in [0.05, 0.1) is 15.8 Å². The van der Waals surface area contributed by atoms with Crippen LogP contribution in [0.5, 0.6) is 5.75 Å². The van der Waals surface area contributed by atoms with Crippen molar-refractivity contribution in [1.29, 1.82) is 0 Å². The minimum absolute atomic E-state index is 0.408. The van der Waals surface area contributed by atoms with E-state index in [4.69, 9.17) is 16.3 Å². The van der Waals surface area contributed by atoms with E-state index in [1.807, 2.05) is 6.92 Å². The molecule has 2 amide bonds. The van der Waals surface area contributed by atoms with Crippen molar-refractivity contribution < 1.29 is 14.3 Å². The molecule has 0 aliphatic carbocycles. The summed E-state index contributed by atoms with van der Waals surface area (Å²) in [7, 11) is 0. The summed E-state index contributed by atoms with van der Waals surface area (Å²) in [5.74, 6) is -0.133. The van der Waals surface area contributed by atoms with Gasteiger partial charge in [-0.15, -0.1) is 11.3 Å². The average molecular weight is 325 g/mol. The quantitative estimate of drug-likeness (QED) is 0.850. The number of benzene rings is 1. The highest BCUT2D eigenvalue weighted by Gasteiger charge is 2.11. The Morgan fingerprint density at radius 2 is 1.76 bits per heavy atom. The third-order valence-electron chi connectivity index (χ3n) is 2.51. The molecule has 0 aliphatic rings. The fourth-order valence-electron chi connectivity index (χ4n) is 1.55. The van der Waals surface area contributed by atoms with Crippen molar-refractivity contribution in [3.8, 4) is 5.75 Å². The lowest BCUT2D eigenvalue weighted by molar-refractivity contribution is 0.0849. The molecule has 0 saturated carbocycles. The molecule has 2 rings (SSSR count). The smallest absolute Gasteiger partial charge is 0.279 e. The molecule has 0 unspecified atom stereocenters. The van der Waals surface area contributed by atoms with Gasteiger partial charge in [0.15, 0.2) is 0 Å². The van der Waals surface area contributed by atoms with Crippen LogP contribution in [0, 0.1) is 0 Å². The molecule has 1 aromatic carbocycles. The molecule has 2 aromatic rings. The van der Waals surface area contributed by atoms with Crippen LogP contribution in [0.3, 0.4) is 0 Å². The number of hydrogen-bond acceptors (Lipinski definition) is 4. The van der Waals surface area contributed by atoms with E-state index in [1.54, 1.807) is 36.4 Å². The van der Waals surface area contributed by atoms with Gasteiger partial charge in [-0.25, -0.2) is 0 Å². The maximum atomic E-state index is 11.9. The second kappa shape index (κ2) is 7.10. The molecule has 110 valence electrons. The van der Waals surface area contributed by atoms with Gasteiger partial charge in [0, 0.05) is 5.56 Å². The van der Waals surface area contributed by atoms with Crippen LogP contribution < -0.4 is 15.6 Å². The fourth-order valence-corrected chi connectivity index (χ4v) is 2.49. The van der Waals surface area contributed by atoms with Crippen LogP contribution >= 0.6 is 22.9 Å². The van der Waals surface area contributed by atoms with Crippen molar-refractivity contribution in [1.82, 2.24) is 10.9 Å². The summed E-state index contributed by atoms with van der Waals surface area (Å²) in [4.78, 5) is 24.0. The first kappa shape index (κ1) is 15.3. The molecule has 0 saturated heterocycles. The number of hydrogen-bond donors (Lipinski definition) is 2. The SMILES string of the molecule is CCOc1ccc(C(=O)NNC(=O)c2ccc(Cl)s2)cc1. The number of halogens is 1. The van der Waals surface area contributed by atoms with Gasteiger partial charge in [0.1, 0.15) is 5.75 Å². The summed E-state index contributed by atoms with van der Waals surface area (Å²) in [6.45, 7) is 2.44. The van der Waals surface area contributed by atoms with Gasteiger partial charge in [0.25, 0.3) is 11.8 Å². The lowest BCUT2D eigenvalue weighted by Gasteiger charge is -2.07. The Morgan fingerprint density at radius 3 is 2.33 bits per heavy atom. The number of nitrogens with one attached hydrogen (secondary N) is 2. The Hall–Kier alpha value is -2.05. The predicted molar refractivity (Wildman–Crippen MR) is 81.9 cm³/mol. The zero-order chi connectivity index (χ0) is 15.2. The number of hydrazine groups is 1. The van der Waals surface area contributed by atoms with Gasteiger partial charge in [-0.2, -0.15) is 0 Å². The highest BCUT2D eigenvalue weighted by atomic mass is 35.5. The number of thiophene rings is 1. The summed E-state index contributed by atoms with van der Waals surface area (Å²) in [6.07, 6.45) is 0. The van der Waals surface area contributed by atoms with Gasteiger partial charge < -0.3 is 4.74 Å². The van der Waals surface area contributed by atoms with Crippen LogP contribution in [-0.4, -0.2) is 18.4 Å². The molecule has 0 bridgehead atoms. The first-order valence-corrected chi connectivity index (χ1v) is 7.38. The highest BCUT2D eigenvalue weighted by molar-refractivity contribution is 7.17. The van der Waals surface area contributed by atoms with Gasteiger partial charge >= 0.3 is 0 Å². The maximum absolute atomic E-state index is 11.9. The Kier molecular flexibility index (Phi) is 5.19. The number of amides is 2. The number of ether oxygens (including phenoxy) is 1. The minimum atomic E-state index is -0.411.